The predicted octanol–water partition coefficient (Wildman–Crippen LogP) is 5.06. The van der Waals surface area contributed by atoms with Gasteiger partial charge < -0.3 is 15.0 Å². The van der Waals surface area contributed by atoms with Gasteiger partial charge in [0, 0.05) is 23.6 Å². The molecule has 0 bridgehead atoms. The number of hydrogen-bond acceptors (Lipinski definition) is 2. The first-order valence-electron chi connectivity index (χ1n) is 8.27. The van der Waals surface area contributed by atoms with Crippen LogP contribution < -0.4 is 10.6 Å². The van der Waals surface area contributed by atoms with E-state index in [1.165, 1.54) is 0 Å². The molecule has 2 N–H and O–H groups in total. The van der Waals surface area contributed by atoms with Crippen LogP contribution in [-0.4, -0.2) is 15.4 Å². The highest BCUT2D eigenvalue weighted by molar-refractivity contribution is 6.00. The van der Waals surface area contributed by atoms with Gasteiger partial charge in [-0.2, -0.15) is 0 Å². The number of nitrogens with one attached hydrogen (secondary N) is 2. The summed E-state index contributed by atoms with van der Waals surface area (Å²) in [6, 6.07) is 13.4. The Morgan fingerprint density at radius 3 is 2.61 bits per heavy atom. The Morgan fingerprint density at radius 1 is 0.929 bits per heavy atom. The fourth-order valence-electron chi connectivity index (χ4n) is 2.74. The lowest BCUT2D eigenvalue weighted by Gasteiger charge is -2.09. The molecule has 0 aliphatic heterocycles. The van der Waals surface area contributed by atoms with Crippen LogP contribution in [0.4, 0.5) is 29.3 Å². The van der Waals surface area contributed by atoms with E-state index in [0.717, 1.165) is 23.3 Å². The lowest BCUT2D eigenvalue weighted by Crippen LogP contribution is -2.20. The highest BCUT2D eigenvalue weighted by atomic mass is 19.2. The van der Waals surface area contributed by atoms with Crippen molar-refractivity contribution in [3.8, 4) is 11.3 Å². The normalized spacial score (nSPS) is 10.8. The molecule has 140 valence electrons. The number of pyridine rings is 1. The number of amides is 2. The molecule has 0 radical (unpaired) electrons. The third-order valence-electron chi connectivity index (χ3n) is 4.06. The second kappa shape index (κ2) is 7.07. The van der Waals surface area contributed by atoms with E-state index in [-0.39, 0.29) is 0 Å². The molecule has 28 heavy (non-hydrogen) atoms. The molecule has 0 atom stereocenters. The molecule has 5 nitrogen and oxygen atoms in total. The average molecular weight is 382 g/mol. The van der Waals surface area contributed by atoms with Gasteiger partial charge in [-0.1, -0.05) is 18.2 Å². The summed E-state index contributed by atoms with van der Waals surface area (Å²) in [5.74, 6) is -4.44. The molecule has 0 fully saturated rings. The van der Waals surface area contributed by atoms with Crippen molar-refractivity contribution < 1.29 is 18.0 Å². The number of imidazole rings is 1. The third-order valence-corrected chi connectivity index (χ3v) is 4.06. The second-order valence-electron chi connectivity index (χ2n) is 5.98. The predicted molar refractivity (Wildman–Crippen MR) is 99.6 cm³/mol. The quantitative estimate of drug-likeness (QED) is 0.487. The first-order valence-corrected chi connectivity index (χ1v) is 8.27. The van der Waals surface area contributed by atoms with E-state index < -0.39 is 29.2 Å². The summed E-state index contributed by atoms with van der Waals surface area (Å²) in [5, 5.41) is 4.68. The molecular weight excluding hydrogens is 369 g/mol. The standard InChI is InChI=1S/C20H13F3N4O/c21-14-7-8-15(19(23)18(14)22)26-20(28)24-13-5-3-4-12(10-13)16-11-27-9-2-1-6-17(27)25-16/h1-11H,(H2,24,26,28). The molecule has 2 aromatic carbocycles. The summed E-state index contributed by atoms with van der Waals surface area (Å²) in [7, 11) is 0. The van der Waals surface area contributed by atoms with E-state index in [1.54, 1.807) is 18.2 Å². The summed E-state index contributed by atoms with van der Waals surface area (Å²) < 4.78 is 41.8. The van der Waals surface area contributed by atoms with Gasteiger partial charge in [0.1, 0.15) is 5.65 Å². The van der Waals surface area contributed by atoms with Gasteiger partial charge in [0.25, 0.3) is 0 Å². The summed E-state index contributed by atoms with van der Waals surface area (Å²) in [6.45, 7) is 0. The number of urea groups is 1. The summed E-state index contributed by atoms with van der Waals surface area (Å²) >= 11 is 0. The lowest BCUT2D eigenvalue weighted by molar-refractivity contribution is 0.262. The van der Waals surface area contributed by atoms with Gasteiger partial charge in [0.2, 0.25) is 0 Å². The minimum Gasteiger partial charge on any atom is -0.308 e. The molecule has 0 unspecified atom stereocenters. The lowest BCUT2D eigenvalue weighted by atomic mass is 10.1. The van der Waals surface area contributed by atoms with Crippen LogP contribution in [0.5, 0.6) is 0 Å². The minimum atomic E-state index is -1.65. The Bertz CT molecular complexity index is 1160. The van der Waals surface area contributed by atoms with E-state index in [2.05, 4.69) is 15.6 Å². The molecule has 0 spiro atoms. The Hall–Kier alpha value is -3.81. The van der Waals surface area contributed by atoms with Crippen LogP contribution in [0, 0.1) is 17.5 Å². The summed E-state index contributed by atoms with van der Waals surface area (Å²) in [6.07, 6.45) is 3.73. The van der Waals surface area contributed by atoms with Gasteiger partial charge in [-0.25, -0.2) is 22.9 Å². The van der Waals surface area contributed by atoms with E-state index in [1.807, 2.05) is 41.1 Å². The monoisotopic (exact) mass is 382 g/mol. The zero-order valence-electron chi connectivity index (χ0n) is 14.3. The zero-order valence-corrected chi connectivity index (χ0v) is 14.3. The molecule has 0 saturated carbocycles. The Morgan fingerprint density at radius 2 is 1.79 bits per heavy atom. The van der Waals surface area contributed by atoms with Crippen LogP contribution in [0.1, 0.15) is 0 Å². The SMILES string of the molecule is O=C(Nc1cccc(-c2cn3ccccc3n2)c1)Nc1ccc(F)c(F)c1F. The number of carbonyl (C=O) groups excluding carboxylic acids is 1. The van der Waals surface area contributed by atoms with E-state index in [9.17, 15) is 18.0 Å². The van der Waals surface area contributed by atoms with Crippen molar-refractivity contribution in [3.63, 3.8) is 0 Å². The fraction of sp³-hybridized carbons (Fsp3) is 0. The molecule has 2 aromatic heterocycles. The van der Waals surface area contributed by atoms with Crippen LogP contribution in [0.3, 0.4) is 0 Å². The fourth-order valence-corrected chi connectivity index (χ4v) is 2.74. The van der Waals surface area contributed by atoms with Crippen molar-refractivity contribution in [2.45, 2.75) is 0 Å². The highest BCUT2D eigenvalue weighted by Gasteiger charge is 2.15. The molecule has 0 aliphatic rings. The Labute approximate surface area is 157 Å². The zero-order chi connectivity index (χ0) is 19.7. The van der Waals surface area contributed by atoms with Crippen molar-refractivity contribution in [3.05, 3.63) is 84.4 Å². The van der Waals surface area contributed by atoms with Gasteiger partial charge >= 0.3 is 6.03 Å². The van der Waals surface area contributed by atoms with Gasteiger partial charge in [0.15, 0.2) is 17.5 Å². The van der Waals surface area contributed by atoms with Crippen molar-refractivity contribution in [1.82, 2.24) is 9.38 Å². The molecule has 0 aliphatic carbocycles. The molecule has 2 heterocycles. The van der Waals surface area contributed by atoms with Crippen molar-refractivity contribution in [2.75, 3.05) is 10.6 Å². The van der Waals surface area contributed by atoms with E-state index in [4.69, 9.17) is 0 Å². The number of fused-ring (bicyclic) bond motifs is 1. The van der Waals surface area contributed by atoms with Crippen LogP contribution in [0.25, 0.3) is 16.9 Å². The molecule has 4 aromatic rings. The maximum atomic E-state index is 13.7. The number of aromatic nitrogens is 2. The van der Waals surface area contributed by atoms with Gasteiger partial charge in [-0.15, -0.1) is 0 Å². The van der Waals surface area contributed by atoms with Crippen molar-refractivity contribution in [2.24, 2.45) is 0 Å². The number of anilines is 2. The topological polar surface area (TPSA) is 58.4 Å². The number of carbonyl (C=O) groups is 1. The number of rotatable bonds is 3. The molecule has 0 saturated heterocycles. The largest absolute Gasteiger partial charge is 0.323 e. The van der Waals surface area contributed by atoms with Crippen LogP contribution in [0.15, 0.2) is 67.0 Å². The number of halogens is 3. The third kappa shape index (κ3) is 3.39. The van der Waals surface area contributed by atoms with E-state index in [0.29, 0.717) is 11.4 Å². The minimum absolute atomic E-state index is 0.426. The maximum absolute atomic E-state index is 13.7. The van der Waals surface area contributed by atoms with Crippen molar-refractivity contribution >= 4 is 23.1 Å². The van der Waals surface area contributed by atoms with Crippen LogP contribution in [0.2, 0.25) is 0 Å². The molecular formula is C20H13F3N4O. The van der Waals surface area contributed by atoms with E-state index >= 15 is 0 Å². The van der Waals surface area contributed by atoms with Gasteiger partial charge in [-0.05, 0) is 36.4 Å². The molecule has 2 amide bonds. The van der Waals surface area contributed by atoms with Crippen LogP contribution >= 0.6 is 0 Å². The van der Waals surface area contributed by atoms with Gasteiger partial charge in [0.05, 0.1) is 11.4 Å². The number of benzene rings is 2. The highest BCUT2D eigenvalue weighted by Crippen LogP contribution is 2.23. The Balaban J connectivity index is 1.53. The first kappa shape index (κ1) is 17.6. The smallest absolute Gasteiger partial charge is 0.308 e. The van der Waals surface area contributed by atoms with Gasteiger partial charge in [-0.3, -0.25) is 0 Å². The number of nitrogens with zero attached hydrogens (tertiary/aromatic N) is 2. The molecule has 8 heteroatoms. The van der Waals surface area contributed by atoms with Crippen molar-refractivity contribution in [1.29, 1.82) is 0 Å². The summed E-state index contributed by atoms with van der Waals surface area (Å²) in [5.41, 5.74) is 2.22. The molecule has 4 rings (SSSR count). The second-order valence-corrected chi connectivity index (χ2v) is 5.98. The average Bonchev–Trinajstić information content (AvgIpc) is 3.13. The number of hydrogen-bond donors (Lipinski definition) is 2. The van der Waals surface area contributed by atoms with Crippen LogP contribution in [-0.2, 0) is 0 Å². The maximum Gasteiger partial charge on any atom is 0.323 e. The Kier molecular flexibility index (Phi) is 4.44. The summed E-state index contributed by atoms with van der Waals surface area (Å²) in [4.78, 5) is 16.6. The first-order chi connectivity index (χ1) is 13.5.